The van der Waals surface area contributed by atoms with Crippen LogP contribution in [0.15, 0.2) is 30.3 Å². The average molecular weight is 207 g/mol. The first-order valence-corrected chi connectivity index (χ1v) is 5.08. The van der Waals surface area contributed by atoms with Crippen molar-refractivity contribution in [2.75, 3.05) is 0 Å². The topological polar surface area (TPSA) is 43.1 Å². The van der Waals surface area contributed by atoms with Crippen LogP contribution in [0.1, 0.15) is 29.1 Å². The van der Waals surface area contributed by atoms with Gasteiger partial charge in [0.15, 0.2) is 5.78 Å². The van der Waals surface area contributed by atoms with Gasteiger partial charge in [0, 0.05) is 5.41 Å². The number of nitrogens with two attached hydrogens (primary N) is 1. The highest BCUT2D eigenvalue weighted by atomic mass is 16.1. The van der Waals surface area contributed by atoms with Crippen molar-refractivity contribution in [3.8, 4) is 0 Å². The van der Waals surface area contributed by atoms with E-state index < -0.39 is 11.5 Å². The van der Waals surface area contributed by atoms with Crippen LogP contribution in [0.2, 0.25) is 0 Å². The number of Topliss-reactive ketones (excluding diaryl/α,β-unsaturated/α-hetero) is 1. The summed E-state index contributed by atoms with van der Waals surface area (Å²) in [7, 11) is 0. The highest BCUT2D eigenvalue weighted by Gasteiger charge is 2.26. The Morgan fingerprint density at radius 1 is 1.40 bits per heavy atom. The van der Waals surface area contributed by atoms with Crippen molar-refractivity contribution in [1.82, 2.24) is 0 Å². The predicted octanol–water partition coefficient (Wildman–Crippen LogP) is 2.17. The Kier molecular flexibility index (Phi) is 2.78. The van der Waals surface area contributed by atoms with E-state index in [1.165, 1.54) is 0 Å². The lowest BCUT2D eigenvalue weighted by Crippen LogP contribution is -2.40. The maximum Gasteiger partial charge on any atom is 0.155 e. The number of rotatable bonds is 3. The minimum Gasteiger partial charge on any atom is -0.321 e. The Hall–Kier alpha value is -1.15. The predicted molar refractivity (Wildman–Crippen MR) is 62.6 cm³/mol. The third-order valence-electron chi connectivity index (χ3n) is 2.21. The van der Waals surface area contributed by atoms with Gasteiger partial charge >= 0.3 is 0 Å². The molecular weight excluding hydrogens is 186 g/mol. The molecule has 0 aliphatic carbocycles. The first kappa shape index (κ1) is 9.10. The molecule has 0 amide bonds. The molecular formula is C13H19NO. The van der Waals surface area contributed by atoms with Crippen molar-refractivity contribution in [3.05, 3.63) is 35.8 Å². The van der Waals surface area contributed by atoms with E-state index in [1.54, 1.807) is 18.2 Å². The van der Waals surface area contributed by atoms with E-state index in [0.717, 1.165) is 0 Å². The average Bonchev–Trinajstić information content (AvgIpc) is 2.21. The normalized spacial score (nSPS) is 15.5. The van der Waals surface area contributed by atoms with E-state index in [4.69, 9.17) is 8.48 Å². The second-order valence-corrected chi connectivity index (χ2v) is 4.72. The van der Waals surface area contributed by atoms with Crippen LogP contribution in [0.4, 0.5) is 0 Å². The van der Waals surface area contributed by atoms with Crippen molar-refractivity contribution < 1.29 is 7.54 Å². The summed E-state index contributed by atoms with van der Waals surface area (Å²) >= 11 is 0. The summed E-state index contributed by atoms with van der Waals surface area (Å²) in [4.78, 5) is 11.9. The van der Waals surface area contributed by atoms with Gasteiger partial charge in [-0.1, -0.05) is 51.1 Å². The minimum absolute atomic E-state index is 0.0415. The standard InChI is InChI=1S/C13H19NO/c1-13(2,3)12(15)11(14)9-10-7-5-4-6-8-10/h4-8,11H,9,14H2,1-3H3/t11-/m0/s1/i7D,8D. The smallest absolute Gasteiger partial charge is 0.155 e. The van der Waals surface area contributed by atoms with Gasteiger partial charge in [-0.25, -0.2) is 0 Å². The van der Waals surface area contributed by atoms with Gasteiger partial charge < -0.3 is 5.73 Å². The summed E-state index contributed by atoms with van der Waals surface area (Å²) in [6.07, 6.45) is 0.259. The summed E-state index contributed by atoms with van der Waals surface area (Å²) in [5.41, 5.74) is 5.91. The first-order valence-electron chi connectivity index (χ1n) is 6.08. The molecule has 1 rings (SSSR count). The third kappa shape index (κ3) is 3.48. The van der Waals surface area contributed by atoms with E-state index in [0.29, 0.717) is 5.56 Å². The lowest BCUT2D eigenvalue weighted by Gasteiger charge is -2.21. The van der Waals surface area contributed by atoms with E-state index in [-0.39, 0.29) is 24.3 Å². The van der Waals surface area contributed by atoms with Gasteiger partial charge in [0.2, 0.25) is 0 Å². The molecule has 82 valence electrons. The fourth-order valence-corrected chi connectivity index (χ4v) is 1.37. The summed E-state index contributed by atoms with van der Waals surface area (Å²) in [6.45, 7) is 5.47. The molecule has 1 aromatic rings. The number of hydrogen-bond acceptors (Lipinski definition) is 2. The van der Waals surface area contributed by atoms with E-state index >= 15 is 0 Å². The molecule has 0 bridgehead atoms. The van der Waals surface area contributed by atoms with Crippen LogP contribution in [0.3, 0.4) is 0 Å². The zero-order valence-electron chi connectivity index (χ0n) is 11.5. The SMILES string of the molecule is [2H]c1cccc([2H])c1C[C@H](N)C(=O)C(C)(C)C. The van der Waals surface area contributed by atoms with Crippen LogP contribution in [-0.4, -0.2) is 11.8 Å². The van der Waals surface area contributed by atoms with Crippen LogP contribution in [0, 0.1) is 5.41 Å². The minimum atomic E-state index is -0.648. The van der Waals surface area contributed by atoms with Gasteiger partial charge in [0.1, 0.15) is 0 Å². The molecule has 0 spiro atoms. The van der Waals surface area contributed by atoms with E-state index in [2.05, 4.69) is 0 Å². The Balaban J connectivity index is 2.89. The van der Waals surface area contributed by atoms with Gasteiger partial charge in [-0.15, -0.1) is 0 Å². The number of carbonyl (C=O) groups excluding carboxylic acids is 1. The van der Waals surface area contributed by atoms with Crippen molar-refractivity contribution in [2.45, 2.75) is 33.2 Å². The molecule has 15 heavy (non-hydrogen) atoms. The summed E-state index contributed by atoms with van der Waals surface area (Å²) < 4.78 is 15.4. The van der Waals surface area contributed by atoms with Gasteiger partial charge in [-0.3, -0.25) is 4.79 Å². The number of ketones is 1. The number of hydrogen-bond donors (Lipinski definition) is 1. The molecule has 1 aromatic carbocycles. The second kappa shape index (κ2) is 4.58. The van der Waals surface area contributed by atoms with Crippen molar-refractivity contribution in [3.63, 3.8) is 0 Å². The quantitative estimate of drug-likeness (QED) is 0.825. The largest absolute Gasteiger partial charge is 0.321 e. The molecule has 2 heteroatoms. The molecule has 0 aliphatic rings. The van der Waals surface area contributed by atoms with Crippen molar-refractivity contribution in [2.24, 2.45) is 11.1 Å². The maximum atomic E-state index is 11.9. The zero-order valence-corrected chi connectivity index (χ0v) is 9.50. The number of carbonyl (C=O) groups is 1. The van der Waals surface area contributed by atoms with Crippen molar-refractivity contribution in [1.29, 1.82) is 0 Å². The molecule has 0 aliphatic heterocycles. The molecule has 0 saturated carbocycles. The Morgan fingerprint density at radius 3 is 2.40 bits per heavy atom. The lowest BCUT2D eigenvalue weighted by molar-refractivity contribution is -0.127. The molecule has 0 unspecified atom stereocenters. The molecule has 1 atom stereocenters. The highest BCUT2D eigenvalue weighted by Crippen LogP contribution is 2.17. The van der Waals surface area contributed by atoms with Crippen LogP contribution in [0.5, 0.6) is 0 Å². The molecule has 2 nitrogen and oxygen atoms in total. The van der Waals surface area contributed by atoms with E-state index in [9.17, 15) is 4.79 Å². The Bertz CT molecular complexity index is 404. The zero-order chi connectivity index (χ0) is 13.2. The molecule has 0 fully saturated rings. The third-order valence-corrected chi connectivity index (χ3v) is 2.21. The summed E-state index contributed by atoms with van der Waals surface area (Å²) in [5.74, 6) is -0.0415. The van der Waals surface area contributed by atoms with Gasteiger partial charge in [0.05, 0.1) is 8.78 Å². The second-order valence-electron chi connectivity index (χ2n) is 4.72. The lowest BCUT2D eigenvalue weighted by atomic mass is 9.85. The van der Waals surface area contributed by atoms with Gasteiger partial charge in [-0.05, 0) is 12.0 Å². The van der Waals surface area contributed by atoms with Crippen LogP contribution in [-0.2, 0) is 11.2 Å². The molecule has 0 aromatic heterocycles. The fourth-order valence-electron chi connectivity index (χ4n) is 1.37. The summed E-state index contributed by atoms with van der Waals surface area (Å²) in [5, 5.41) is 0. The van der Waals surface area contributed by atoms with Gasteiger partial charge in [-0.2, -0.15) is 0 Å². The Morgan fingerprint density at radius 2 is 1.93 bits per heavy atom. The van der Waals surface area contributed by atoms with E-state index in [1.807, 2.05) is 20.8 Å². The maximum absolute atomic E-state index is 11.9. The highest BCUT2D eigenvalue weighted by molar-refractivity contribution is 5.88. The molecule has 2 N–H and O–H groups in total. The van der Waals surface area contributed by atoms with Crippen LogP contribution < -0.4 is 5.73 Å². The monoisotopic (exact) mass is 207 g/mol. The number of benzene rings is 1. The van der Waals surface area contributed by atoms with Crippen LogP contribution >= 0.6 is 0 Å². The van der Waals surface area contributed by atoms with Gasteiger partial charge in [0.25, 0.3) is 0 Å². The Labute approximate surface area is 94.3 Å². The molecule has 0 heterocycles. The molecule has 0 saturated heterocycles. The fraction of sp³-hybridized carbons (Fsp3) is 0.462. The van der Waals surface area contributed by atoms with Crippen LogP contribution in [0.25, 0.3) is 0 Å². The molecule has 0 radical (unpaired) electrons. The van der Waals surface area contributed by atoms with Crippen molar-refractivity contribution >= 4 is 5.78 Å². The summed E-state index contributed by atoms with van der Waals surface area (Å²) in [6, 6.07) is 4.78. The first-order chi connectivity index (χ1) is 7.73.